The lowest BCUT2D eigenvalue weighted by atomic mass is 9.94. The van der Waals surface area contributed by atoms with Gasteiger partial charge in [0.25, 0.3) is 0 Å². The number of carboxylic acid groups (broad SMARTS) is 1. The van der Waals surface area contributed by atoms with Gasteiger partial charge in [-0.15, -0.1) is 0 Å². The summed E-state index contributed by atoms with van der Waals surface area (Å²) in [4.78, 5) is 12.9. The molecule has 3 N–H and O–H groups in total. The second-order valence-electron chi connectivity index (χ2n) is 5.38. The lowest BCUT2D eigenvalue weighted by Crippen LogP contribution is -2.41. The summed E-state index contributed by atoms with van der Waals surface area (Å²) in [5.74, 6) is -1.50. The second kappa shape index (κ2) is 5.07. The number of nitrogens with two attached hydrogens (primary N) is 1. The second-order valence-corrected chi connectivity index (χ2v) is 5.38. The maximum Gasteiger partial charge on any atom is 0.338 e. The number of carbonyl (C=O) groups is 1. The van der Waals surface area contributed by atoms with Crippen LogP contribution < -0.4 is 10.6 Å². The van der Waals surface area contributed by atoms with E-state index in [-0.39, 0.29) is 11.6 Å². The van der Waals surface area contributed by atoms with Gasteiger partial charge in [-0.1, -0.05) is 6.92 Å². The minimum Gasteiger partial charge on any atom is -0.478 e. The SMILES string of the molecule is CC1CCC(C)N(c2cc(F)c(C(=O)O)cc2N)C1. The van der Waals surface area contributed by atoms with Gasteiger partial charge < -0.3 is 15.7 Å². The summed E-state index contributed by atoms with van der Waals surface area (Å²) in [6, 6.07) is 2.74. The van der Waals surface area contributed by atoms with Crippen molar-refractivity contribution in [2.45, 2.75) is 32.7 Å². The Labute approximate surface area is 112 Å². The quantitative estimate of drug-likeness (QED) is 0.808. The van der Waals surface area contributed by atoms with Crippen molar-refractivity contribution >= 4 is 17.3 Å². The first kappa shape index (κ1) is 13.6. The molecule has 1 fully saturated rings. The summed E-state index contributed by atoms with van der Waals surface area (Å²) in [7, 11) is 0. The molecule has 1 aromatic carbocycles. The summed E-state index contributed by atoms with van der Waals surface area (Å²) < 4.78 is 13.8. The lowest BCUT2D eigenvalue weighted by Gasteiger charge is -2.39. The van der Waals surface area contributed by atoms with Gasteiger partial charge in [0.2, 0.25) is 0 Å². The molecular formula is C14H19FN2O2. The van der Waals surface area contributed by atoms with Crippen molar-refractivity contribution in [2.24, 2.45) is 5.92 Å². The third-order valence-electron chi connectivity index (χ3n) is 3.77. The van der Waals surface area contributed by atoms with Gasteiger partial charge in [0.1, 0.15) is 5.82 Å². The van der Waals surface area contributed by atoms with Crippen LogP contribution in [0.15, 0.2) is 12.1 Å². The predicted octanol–water partition coefficient (Wildman–Crippen LogP) is 2.73. The zero-order valence-electron chi connectivity index (χ0n) is 11.2. The van der Waals surface area contributed by atoms with E-state index in [0.29, 0.717) is 17.3 Å². The van der Waals surface area contributed by atoms with E-state index in [1.807, 2.05) is 0 Å². The fraction of sp³-hybridized carbons (Fsp3) is 0.500. The van der Waals surface area contributed by atoms with Crippen molar-refractivity contribution in [1.82, 2.24) is 0 Å². The Balaban J connectivity index is 2.39. The fourth-order valence-corrected chi connectivity index (χ4v) is 2.62. The molecule has 0 amide bonds. The smallest absolute Gasteiger partial charge is 0.338 e. The van der Waals surface area contributed by atoms with Crippen LogP contribution in [-0.2, 0) is 0 Å². The van der Waals surface area contributed by atoms with Crippen LogP contribution in [-0.4, -0.2) is 23.7 Å². The van der Waals surface area contributed by atoms with Crippen molar-refractivity contribution < 1.29 is 14.3 Å². The number of benzene rings is 1. The van der Waals surface area contributed by atoms with E-state index < -0.39 is 11.8 Å². The molecular weight excluding hydrogens is 247 g/mol. The summed E-state index contributed by atoms with van der Waals surface area (Å²) in [6.45, 7) is 5.04. The highest BCUT2D eigenvalue weighted by atomic mass is 19.1. The first-order valence-electron chi connectivity index (χ1n) is 6.49. The highest BCUT2D eigenvalue weighted by Gasteiger charge is 2.26. The normalized spacial score (nSPS) is 23.4. The van der Waals surface area contributed by atoms with Crippen LogP contribution in [0.2, 0.25) is 0 Å². The number of anilines is 2. The zero-order valence-corrected chi connectivity index (χ0v) is 11.2. The van der Waals surface area contributed by atoms with Gasteiger partial charge in [-0.2, -0.15) is 0 Å². The molecule has 0 aromatic heterocycles. The van der Waals surface area contributed by atoms with Crippen molar-refractivity contribution in [3.05, 3.63) is 23.5 Å². The molecule has 1 aliphatic heterocycles. The molecule has 2 rings (SSSR count). The van der Waals surface area contributed by atoms with E-state index in [1.54, 1.807) is 0 Å². The van der Waals surface area contributed by atoms with Crippen LogP contribution in [0.25, 0.3) is 0 Å². The van der Waals surface area contributed by atoms with E-state index in [1.165, 1.54) is 12.1 Å². The molecule has 2 atom stereocenters. The number of carboxylic acids is 1. The molecule has 4 nitrogen and oxygen atoms in total. The van der Waals surface area contributed by atoms with Crippen LogP contribution in [0.5, 0.6) is 0 Å². The minimum absolute atomic E-state index is 0.286. The summed E-state index contributed by atoms with van der Waals surface area (Å²) >= 11 is 0. The number of hydrogen-bond donors (Lipinski definition) is 2. The maximum absolute atomic E-state index is 13.8. The van der Waals surface area contributed by atoms with Gasteiger partial charge in [-0.25, -0.2) is 9.18 Å². The first-order valence-corrected chi connectivity index (χ1v) is 6.49. The summed E-state index contributed by atoms with van der Waals surface area (Å²) in [5.41, 5.74) is 6.44. The van der Waals surface area contributed by atoms with Crippen LogP contribution in [0.1, 0.15) is 37.0 Å². The molecule has 0 aliphatic carbocycles. The third kappa shape index (κ3) is 2.64. The largest absolute Gasteiger partial charge is 0.478 e. The average Bonchev–Trinajstić information content (AvgIpc) is 2.34. The van der Waals surface area contributed by atoms with Crippen molar-refractivity contribution in [3.63, 3.8) is 0 Å². The number of piperidine rings is 1. The van der Waals surface area contributed by atoms with Gasteiger partial charge in [-0.05, 0) is 31.7 Å². The van der Waals surface area contributed by atoms with Crippen LogP contribution >= 0.6 is 0 Å². The highest BCUT2D eigenvalue weighted by Crippen LogP contribution is 2.33. The Morgan fingerprint density at radius 3 is 2.74 bits per heavy atom. The third-order valence-corrected chi connectivity index (χ3v) is 3.77. The van der Waals surface area contributed by atoms with Gasteiger partial charge in [-0.3, -0.25) is 0 Å². The van der Waals surface area contributed by atoms with E-state index in [9.17, 15) is 9.18 Å². The molecule has 1 aliphatic rings. The van der Waals surface area contributed by atoms with Gasteiger partial charge in [0.05, 0.1) is 16.9 Å². The molecule has 0 saturated carbocycles. The van der Waals surface area contributed by atoms with Gasteiger partial charge >= 0.3 is 5.97 Å². The van der Waals surface area contributed by atoms with Crippen molar-refractivity contribution in [1.29, 1.82) is 0 Å². The molecule has 1 aromatic rings. The maximum atomic E-state index is 13.8. The number of nitrogens with zero attached hydrogens (tertiary/aromatic N) is 1. The average molecular weight is 266 g/mol. The Hall–Kier alpha value is -1.78. The molecule has 0 bridgehead atoms. The highest BCUT2D eigenvalue weighted by molar-refractivity contribution is 5.91. The topological polar surface area (TPSA) is 66.6 Å². The molecule has 5 heteroatoms. The molecule has 104 valence electrons. The summed E-state index contributed by atoms with van der Waals surface area (Å²) in [5, 5.41) is 8.88. The molecule has 2 unspecified atom stereocenters. The first-order chi connectivity index (χ1) is 8.90. The molecule has 19 heavy (non-hydrogen) atoms. The Bertz CT molecular complexity index is 504. The Kier molecular flexibility index (Phi) is 3.64. The zero-order chi connectivity index (χ0) is 14.2. The van der Waals surface area contributed by atoms with Crippen LogP contribution in [0, 0.1) is 11.7 Å². The predicted molar refractivity (Wildman–Crippen MR) is 73.0 cm³/mol. The van der Waals surface area contributed by atoms with E-state index in [0.717, 1.165) is 19.4 Å². The number of hydrogen-bond acceptors (Lipinski definition) is 3. The number of halogens is 1. The number of rotatable bonds is 2. The molecule has 1 heterocycles. The van der Waals surface area contributed by atoms with Gasteiger partial charge in [0, 0.05) is 18.7 Å². The number of nitrogen functional groups attached to an aromatic ring is 1. The fourth-order valence-electron chi connectivity index (χ4n) is 2.62. The van der Waals surface area contributed by atoms with Crippen molar-refractivity contribution in [3.8, 4) is 0 Å². The molecule has 1 saturated heterocycles. The van der Waals surface area contributed by atoms with Crippen molar-refractivity contribution in [2.75, 3.05) is 17.2 Å². The Morgan fingerprint density at radius 2 is 2.11 bits per heavy atom. The van der Waals surface area contributed by atoms with E-state index >= 15 is 0 Å². The summed E-state index contributed by atoms with van der Waals surface area (Å²) in [6.07, 6.45) is 2.18. The minimum atomic E-state index is -1.30. The van der Waals surface area contributed by atoms with Gasteiger partial charge in [0.15, 0.2) is 0 Å². The lowest BCUT2D eigenvalue weighted by molar-refractivity contribution is 0.0692. The van der Waals surface area contributed by atoms with Crippen LogP contribution in [0.4, 0.5) is 15.8 Å². The Morgan fingerprint density at radius 1 is 1.42 bits per heavy atom. The standard InChI is InChI=1S/C14H19FN2O2/c1-8-3-4-9(2)17(7-8)13-6-11(15)10(14(18)19)5-12(13)16/h5-6,8-9H,3-4,7,16H2,1-2H3,(H,18,19). The molecule has 0 spiro atoms. The van der Waals surface area contributed by atoms with E-state index in [4.69, 9.17) is 10.8 Å². The monoisotopic (exact) mass is 266 g/mol. The number of aromatic carboxylic acids is 1. The van der Waals surface area contributed by atoms with E-state index in [2.05, 4.69) is 18.7 Å². The van der Waals surface area contributed by atoms with Crippen LogP contribution in [0.3, 0.4) is 0 Å². The molecule has 0 radical (unpaired) electrons.